The Labute approximate surface area is 70.9 Å². The van der Waals surface area contributed by atoms with Gasteiger partial charge in [0.25, 0.3) is 0 Å². The Morgan fingerprint density at radius 1 is 1.33 bits per heavy atom. The average molecular weight is 158 g/mol. The number of aromatic amines is 1. The van der Waals surface area contributed by atoms with Gasteiger partial charge in [-0.2, -0.15) is 0 Å². The Bertz CT molecular complexity index is 401. The van der Waals surface area contributed by atoms with Crippen molar-refractivity contribution in [2.45, 2.75) is 0 Å². The molecule has 0 saturated carbocycles. The predicted molar refractivity (Wildman–Crippen MR) is 52.1 cm³/mol. The van der Waals surface area contributed by atoms with Crippen LogP contribution in [0.4, 0.5) is 5.69 Å². The Balaban J connectivity index is 2.65. The van der Waals surface area contributed by atoms with Gasteiger partial charge in [0.15, 0.2) is 0 Å². The maximum Gasteiger partial charge on any atom is 0.0474 e. The minimum Gasteiger partial charge on any atom is -0.362 e. The van der Waals surface area contributed by atoms with Crippen LogP contribution < -0.4 is 5.32 Å². The lowest BCUT2D eigenvalue weighted by atomic mass is 10.2. The number of anilines is 1. The third kappa shape index (κ3) is 0.975. The topological polar surface area (TPSA) is 27.8 Å². The normalized spacial score (nSPS) is 10.0. The van der Waals surface area contributed by atoms with E-state index in [-0.39, 0.29) is 0 Å². The summed E-state index contributed by atoms with van der Waals surface area (Å²) in [6.07, 6.45) is 3.61. The van der Waals surface area contributed by atoms with E-state index < -0.39 is 0 Å². The van der Waals surface area contributed by atoms with Crippen molar-refractivity contribution in [1.29, 1.82) is 0 Å². The first-order chi connectivity index (χ1) is 5.92. The maximum atomic E-state index is 3.63. The van der Waals surface area contributed by atoms with Gasteiger partial charge in [0.1, 0.15) is 0 Å². The standard InChI is InChI=1S/C10H10N2/c1-2-11-9-4-3-5-10-8(9)6-7-12-10/h2-7,11-12H,1H2. The first-order valence-corrected chi connectivity index (χ1v) is 3.85. The molecular formula is C10H10N2. The van der Waals surface area contributed by atoms with Gasteiger partial charge in [-0.3, -0.25) is 0 Å². The molecule has 0 amide bonds. The quantitative estimate of drug-likeness (QED) is 0.691. The van der Waals surface area contributed by atoms with E-state index in [0.717, 1.165) is 11.2 Å². The molecule has 0 spiro atoms. The molecule has 0 bridgehead atoms. The van der Waals surface area contributed by atoms with Crippen molar-refractivity contribution in [3.63, 3.8) is 0 Å². The van der Waals surface area contributed by atoms with Crippen molar-refractivity contribution in [3.05, 3.63) is 43.2 Å². The smallest absolute Gasteiger partial charge is 0.0474 e. The van der Waals surface area contributed by atoms with Crippen LogP contribution in [0.25, 0.3) is 10.9 Å². The van der Waals surface area contributed by atoms with Gasteiger partial charge in [0, 0.05) is 22.8 Å². The zero-order valence-electron chi connectivity index (χ0n) is 6.67. The third-order valence-electron chi connectivity index (χ3n) is 1.85. The van der Waals surface area contributed by atoms with E-state index in [1.165, 1.54) is 5.39 Å². The second kappa shape index (κ2) is 2.74. The summed E-state index contributed by atoms with van der Waals surface area (Å²) in [4.78, 5) is 3.14. The molecule has 0 saturated heterocycles. The van der Waals surface area contributed by atoms with E-state index in [0.29, 0.717) is 0 Å². The van der Waals surface area contributed by atoms with E-state index in [1.54, 1.807) is 6.20 Å². The molecule has 2 N–H and O–H groups in total. The van der Waals surface area contributed by atoms with Crippen molar-refractivity contribution in [1.82, 2.24) is 4.98 Å². The minimum absolute atomic E-state index is 1.09. The van der Waals surface area contributed by atoms with Crippen LogP contribution in [0, 0.1) is 0 Å². The van der Waals surface area contributed by atoms with Gasteiger partial charge < -0.3 is 10.3 Å². The van der Waals surface area contributed by atoms with E-state index in [2.05, 4.69) is 16.9 Å². The fourth-order valence-electron chi connectivity index (χ4n) is 1.32. The molecule has 0 aliphatic rings. The molecule has 2 nitrogen and oxygen atoms in total. The number of hydrogen-bond donors (Lipinski definition) is 2. The molecule has 2 rings (SSSR count). The zero-order valence-corrected chi connectivity index (χ0v) is 6.67. The van der Waals surface area contributed by atoms with Crippen molar-refractivity contribution < 1.29 is 0 Å². The van der Waals surface area contributed by atoms with Crippen LogP contribution in [-0.4, -0.2) is 4.98 Å². The Hall–Kier alpha value is -1.70. The van der Waals surface area contributed by atoms with E-state index >= 15 is 0 Å². The Kier molecular flexibility index (Phi) is 1.59. The minimum atomic E-state index is 1.09. The number of benzene rings is 1. The van der Waals surface area contributed by atoms with Crippen LogP contribution in [0.5, 0.6) is 0 Å². The predicted octanol–water partition coefficient (Wildman–Crippen LogP) is 2.72. The summed E-state index contributed by atoms with van der Waals surface area (Å²) in [6.45, 7) is 3.63. The molecule has 1 aromatic carbocycles. The summed E-state index contributed by atoms with van der Waals surface area (Å²) in [7, 11) is 0. The first-order valence-electron chi connectivity index (χ1n) is 3.85. The molecule has 0 fully saturated rings. The van der Waals surface area contributed by atoms with Gasteiger partial charge >= 0.3 is 0 Å². The van der Waals surface area contributed by atoms with E-state index in [9.17, 15) is 0 Å². The van der Waals surface area contributed by atoms with Gasteiger partial charge in [-0.25, -0.2) is 0 Å². The molecule has 2 heteroatoms. The number of nitrogens with one attached hydrogen (secondary N) is 2. The highest BCUT2D eigenvalue weighted by Gasteiger charge is 1.97. The average Bonchev–Trinajstić information content (AvgIpc) is 2.53. The lowest BCUT2D eigenvalue weighted by Crippen LogP contribution is -1.85. The van der Waals surface area contributed by atoms with Gasteiger partial charge in [-0.1, -0.05) is 12.6 Å². The Morgan fingerprint density at radius 2 is 2.25 bits per heavy atom. The highest BCUT2D eigenvalue weighted by atomic mass is 14.8. The monoisotopic (exact) mass is 158 g/mol. The molecule has 1 heterocycles. The van der Waals surface area contributed by atoms with Crippen molar-refractivity contribution >= 4 is 16.6 Å². The molecule has 12 heavy (non-hydrogen) atoms. The number of hydrogen-bond acceptors (Lipinski definition) is 1. The highest BCUT2D eigenvalue weighted by molar-refractivity contribution is 5.92. The van der Waals surface area contributed by atoms with Crippen molar-refractivity contribution in [2.75, 3.05) is 5.32 Å². The number of aromatic nitrogens is 1. The van der Waals surface area contributed by atoms with Crippen LogP contribution in [0.2, 0.25) is 0 Å². The van der Waals surface area contributed by atoms with Gasteiger partial charge in [-0.15, -0.1) is 0 Å². The van der Waals surface area contributed by atoms with Gasteiger partial charge in [0.2, 0.25) is 0 Å². The van der Waals surface area contributed by atoms with Crippen LogP contribution in [0.1, 0.15) is 0 Å². The number of H-pyrrole nitrogens is 1. The molecule has 0 atom stereocenters. The summed E-state index contributed by atoms with van der Waals surface area (Å²) in [6, 6.07) is 8.12. The summed E-state index contributed by atoms with van der Waals surface area (Å²) in [5.74, 6) is 0. The van der Waals surface area contributed by atoms with Crippen LogP contribution in [0.15, 0.2) is 43.2 Å². The largest absolute Gasteiger partial charge is 0.362 e. The van der Waals surface area contributed by atoms with E-state index in [1.807, 2.05) is 30.5 Å². The van der Waals surface area contributed by atoms with Crippen LogP contribution in [0.3, 0.4) is 0 Å². The van der Waals surface area contributed by atoms with Crippen molar-refractivity contribution in [3.8, 4) is 0 Å². The third-order valence-corrected chi connectivity index (χ3v) is 1.85. The fourth-order valence-corrected chi connectivity index (χ4v) is 1.32. The SMILES string of the molecule is C=CNc1cccc2[nH]ccc12. The molecule has 1 aromatic heterocycles. The second-order valence-corrected chi connectivity index (χ2v) is 2.59. The lowest BCUT2D eigenvalue weighted by molar-refractivity contribution is 1.48. The maximum absolute atomic E-state index is 3.63. The zero-order chi connectivity index (χ0) is 8.39. The number of rotatable bonds is 2. The molecule has 0 aliphatic heterocycles. The first kappa shape index (κ1) is 6.98. The molecule has 60 valence electrons. The summed E-state index contributed by atoms with van der Waals surface area (Å²) >= 11 is 0. The highest BCUT2D eigenvalue weighted by Crippen LogP contribution is 2.21. The molecular weight excluding hydrogens is 148 g/mol. The summed E-state index contributed by atoms with van der Waals surface area (Å²) in [5.41, 5.74) is 2.23. The molecule has 0 unspecified atom stereocenters. The van der Waals surface area contributed by atoms with Gasteiger partial charge in [0.05, 0.1) is 0 Å². The molecule has 2 aromatic rings. The molecule has 0 aliphatic carbocycles. The van der Waals surface area contributed by atoms with E-state index in [4.69, 9.17) is 0 Å². The lowest BCUT2D eigenvalue weighted by Gasteiger charge is -2.00. The fraction of sp³-hybridized carbons (Fsp3) is 0. The van der Waals surface area contributed by atoms with Crippen molar-refractivity contribution in [2.24, 2.45) is 0 Å². The molecule has 0 radical (unpaired) electrons. The summed E-state index contributed by atoms with van der Waals surface area (Å²) in [5, 5.41) is 4.27. The van der Waals surface area contributed by atoms with Crippen LogP contribution in [-0.2, 0) is 0 Å². The second-order valence-electron chi connectivity index (χ2n) is 2.59. The number of fused-ring (bicyclic) bond motifs is 1. The van der Waals surface area contributed by atoms with Crippen LogP contribution >= 0.6 is 0 Å². The summed E-state index contributed by atoms with van der Waals surface area (Å²) < 4.78 is 0. The van der Waals surface area contributed by atoms with Gasteiger partial charge in [-0.05, 0) is 24.4 Å². The Morgan fingerprint density at radius 3 is 3.08 bits per heavy atom.